The number of fused-ring (bicyclic) bond motifs is 1. The highest BCUT2D eigenvalue weighted by Crippen LogP contribution is 2.33. The van der Waals surface area contributed by atoms with Crippen molar-refractivity contribution in [1.29, 1.82) is 0 Å². The van der Waals surface area contributed by atoms with E-state index >= 15 is 0 Å². The van der Waals surface area contributed by atoms with Crippen molar-refractivity contribution in [3.05, 3.63) is 23.8 Å². The Kier molecular flexibility index (Phi) is 4.72. The van der Waals surface area contributed by atoms with E-state index in [1.54, 1.807) is 4.90 Å². The van der Waals surface area contributed by atoms with Gasteiger partial charge in [-0.05, 0) is 57.1 Å². The van der Waals surface area contributed by atoms with Crippen LogP contribution in [-0.4, -0.2) is 60.6 Å². The smallest absolute Gasteiger partial charge is 0.243 e. The predicted octanol–water partition coefficient (Wildman–Crippen LogP) is 1.12. The van der Waals surface area contributed by atoms with Crippen LogP contribution in [0.3, 0.4) is 0 Å². The second kappa shape index (κ2) is 7.15. The van der Waals surface area contributed by atoms with Crippen LogP contribution in [0.2, 0.25) is 0 Å². The second-order valence-corrected chi connectivity index (χ2v) is 7.35. The molecule has 4 rings (SSSR count). The van der Waals surface area contributed by atoms with Crippen molar-refractivity contribution in [2.75, 3.05) is 26.9 Å². The van der Waals surface area contributed by atoms with Crippen LogP contribution < -0.4 is 14.8 Å². The molecule has 7 heteroatoms. The van der Waals surface area contributed by atoms with Crippen LogP contribution in [0.25, 0.3) is 0 Å². The van der Waals surface area contributed by atoms with Crippen LogP contribution in [0.5, 0.6) is 11.5 Å². The van der Waals surface area contributed by atoms with E-state index in [9.17, 15) is 9.59 Å². The van der Waals surface area contributed by atoms with Crippen LogP contribution in [0.15, 0.2) is 18.2 Å². The summed E-state index contributed by atoms with van der Waals surface area (Å²) in [6.07, 6.45) is 2.94. The van der Waals surface area contributed by atoms with E-state index in [4.69, 9.17) is 9.47 Å². The summed E-state index contributed by atoms with van der Waals surface area (Å²) < 4.78 is 10.7. The van der Waals surface area contributed by atoms with Gasteiger partial charge in [0.2, 0.25) is 18.6 Å². The van der Waals surface area contributed by atoms with E-state index in [0.29, 0.717) is 25.1 Å². The molecule has 26 heavy (non-hydrogen) atoms. The lowest BCUT2D eigenvalue weighted by molar-refractivity contribution is -0.136. The number of amides is 2. The molecule has 3 aliphatic rings. The quantitative estimate of drug-likeness (QED) is 0.872. The third-order valence-corrected chi connectivity index (χ3v) is 5.49. The SMILES string of the molecule is CN1CCC(NC(=O)C2CCC(=O)N2Cc2ccc3c(c2)OCO3)CC1. The maximum atomic E-state index is 12.8. The molecule has 2 saturated heterocycles. The number of ether oxygens (including phenoxy) is 2. The van der Waals surface area contributed by atoms with Gasteiger partial charge >= 0.3 is 0 Å². The molecule has 0 aromatic heterocycles. The number of benzene rings is 1. The Morgan fingerprint density at radius 2 is 1.96 bits per heavy atom. The molecule has 2 fully saturated rings. The normalized spacial score (nSPS) is 23.5. The van der Waals surface area contributed by atoms with E-state index in [1.807, 2.05) is 18.2 Å². The molecule has 2 amide bonds. The molecule has 1 aromatic rings. The Morgan fingerprint density at radius 3 is 2.77 bits per heavy atom. The van der Waals surface area contributed by atoms with Crippen molar-refractivity contribution in [2.24, 2.45) is 0 Å². The molecule has 140 valence electrons. The Bertz CT molecular complexity index is 700. The Labute approximate surface area is 153 Å². The lowest BCUT2D eigenvalue weighted by atomic mass is 10.0. The number of hydrogen-bond donors (Lipinski definition) is 1. The molecule has 7 nitrogen and oxygen atoms in total. The van der Waals surface area contributed by atoms with Gasteiger partial charge in [-0.3, -0.25) is 9.59 Å². The maximum absolute atomic E-state index is 12.8. The number of nitrogens with one attached hydrogen (secondary N) is 1. The summed E-state index contributed by atoms with van der Waals surface area (Å²) in [6, 6.07) is 5.49. The minimum atomic E-state index is -0.382. The van der Waals surface area contributed by atoms with E-state index < -0.39 is 0 Å². The third kappa shape index (κ3) is 3.49. The molecule has 0 spiro atoms. The predicted molar refractivity (Wildman–Crippen MR) is 94.8 cm³/mol. The van der Waals surface area contributed by atoms with Crippen molar-refractivity contribution >= 4 is 11.8 Å². The van der Waals surface area contributed by atoms with Gasteiger partial charge in [-0.1, -0.05) is 6.07 Å². The second-order valence-electron chi connectivity index (χ2n) is 7.35. The van der Waals surface area contributed by atoms with Crippen molar-refractivity contribution in [2.45, 2.75) is 44.3 Å². The highest BCUT2D eigenvalue weighted by molar-refractivity contribution is 5.91. The minimum absolute atomic E-state index is 0.0221. The molecular weight excluding hydrogens is 334 g/mol. The molecule has 1 atom stereocenters. The van der Waals surface area contributed by atoms with E-state index in [0.717, 1.165) is 37.2 Å². The van der Waals surface area contributed by atoms with Gasteiger partial charge in [-0.15, -0.1) is 0 Å². The van der Waals surface area contributed by atoms with Gasteiger partial charge in [0.15, 0.2) is 11.5 Å². The maximum Gasteiger partial charge on any atom is 0.243 e. The van der Waals surface area contributed by atoms with Crippen LogP contribution >= 0.6 is 0 Å². The monoisotopic (exact) mass is 359 g/mol. The number of carbonyl (C=O) groups is 2. The Hall–Kier alpha value is -2.28. The highest BCUT2D eigenvalue weighted by Gasteiger charge is 2.37. The number of carbonyl (C=O) groups excluding carboxylic acids is 2. The summed E-state index contributed by atoms with van der Waals surface area (Å²) in [5.41, 5.74) is 0.946. The van der Waals surface area contributed by atoms with Gasteiger partial charge < -0.3 is 24.6 Å². The first kappa shape index (κ1) is 17.1. The van der Waals surface area contributed by atoms with Crippen molar-refractivity contribution < 1.29 is 19.1 Å². The molecule has 0 radical (unpaired) electrons. The van der Waals surface area contributed by atoms with Gasteiger partial charge in [-0.2, -0.15) is 0 Å². The molecule has 1 aromatic carbocycles. The van der Waals surface area contributed by atoms with Gasteiger partial charge in [0.05, 0.1) is 0 Å². The van der Waals surface area contributed by atoms with E-state index in [-0.39, 0.29) is 30.7 Å². The number of rotatable bonds is 4. The standard InChI is InChI=1S/C19H25N3O4/c1-21-8-6-14(7-9-21)20-19(24)15-3-5-18(23)22(15)11-13-2-4-16-17(10-13)26-12-25-16/h2,4,10,14-15H,3,5-9,11-12H2,1H3,(H,20,24). The van der Waals surface area contributed by atoms with Gasteiger partial charge in [0.1, 0.15) is 6.04 Å². The first-order valence-electron chi connectivity index (χ1n) is 9.27. The summed E-state index contributed by atoms with van der Waals surface area (Å²) in [4.78, 5) is 29.1. The summed E-state index contributed by atoms with van der Waals surface area (Å²) >= 11 is 0. The van der Waals surface area contributed by atoms with E-state index in [2.05, 4.69) is 17.3 Å². The zero-order valence-corrected chi connectivity index (χ0v) is 15.1. The molecular formula is C19H25N3O4. The van der Waals surface area contributed by atoms with Crippen molar-refractivity contribution in [1.82, 2.24) is 15.1 Å². The first-order valence-corrected chi connectivity index (χ1v) is 9.27. The minimum Gasteiger partial charge on any atom is -0.454 e. The van der Waals surface area contributed by atoms with Crippen LogP contribution in [0.4, 0.5) is 0 Å². The fourth-order valence-corrected chi connectivity index (χ4v) is 3.89. The summed E-state index contributed by atoms with van der Waals surface area (Å²) in [7, 11) is 2.10. The molecule has 1 unspecified atom stereocenters. The molecule has 0 saturated carbocycles. The molecule has 0 bridgehead atoms. The fraction of sp³-hybridized carbons (Fsp3) is 0.579. The molecule has 3 aliphatic heterocycles. The zero-order chi connectivity index (χ0) is 18.1. The summed E-state index contributed by atoms with van der Waals surface area (Å²) in [5.74, 6) is 1.43. The number of hydrogen-bond acceptors (Lipinski definition) is 5. The topological polar surface area (TPSA) is 71.1 Å². The third-order valence-electron chi connectivity index (χ3n) is 5.49. The Balaban J connectivity index is 1.41. The lowest BCUT2D eigenvalue weighted by Crippen LogP contribution is -2.50. The highest BCUT2D eigenvalue weighted by atomic mass is 16.7. The van der Waals surface area contributed by atoms with E-state index in [1.165, 1.54) is 0 Å². The van der Waals surface area contributed by atoms with Gasteiger partial charge in [-0.25, -0.2) is 0 Å². The van der Waals surface area contributed by atoms with Crippen molar-refractivity contribution in [3.8, 4) is 11.5 Å². The molecule has 1 N–H and O–H groups in total. The lowest BCUT2D eigenvalue weighted by Gasteiger charge is -2.31. The Morgan fingerprint density at radius 1 is 1.19 bits per heavy atom. The van der Waals surface area contributed by atoms with Gasteiger partial charge in [0.25, 0.3) is 0 Å². The summed E-state index contributed by atoms with van der Waals surface area (Å²) in [5, 5.41) is 3.16. The first-order chi connectivity index (χ1) is 12.6. The summed E-state index contributed by atoms with van der Waals surface area (Å²) in [6.45, 7) is 2.63. The average Bonchev–Trinajstić information content (AvgIpc) is 3.24. The number of piperidine rings is 1. The van der Waals surface area contributed by atoms with Crippen molar-refractivity contribution in [3.63, 3.8) is 0 Å². The molecule has 0 aliphatic carbocycles. The average molecular weight is 359 g/mol. The van der Waals surface area contributed by atoms with Crippen LogP contribution in [-0.2, 0) is 16.1 Å². The zero-order valence-electron chi connectivity index (χ0n) is 15.1. The fourth-order valence-electron chi connectivity index (χ4n) is 3.89. The molecule has 3 heterocycles. The number of likely N-dealkylation sites (tertiary alicyclic amines) is 2. The largest absolute Gasteiger partial charge is 0.454 e. The van der Waals surface area contributed by atoms with Gasteiger partial charge in [0, 0.05) is 19.0 Å². The van der Waals surface area contributed by atoms with Crippen LogP contribution in [0.1, 0.15) is 31.2 Å². The van der Waals surface area contributed by atoms with Crippen LogP contribution in [0, 0.1) is 0 Å². The number of nitrogens with zero attached hydrogens (tertiary/aromatic N) is 2.